The van der Waals surface area contributed by atoms with E-state index >= 15 is 0 Å². The fourth-order valence-corrected chi connectivity index (χ4v) is 3.25. The highest BCUT2D eigenvalue weighted by atomic mass is 35.5. The van der Waals surface area contributed by atoms with E-state index in [1.165, 1.54) is 11.8 Å². The van der Waals surface area contributed by atoms with E-state index in [1.807, 2.05) is 6.92 Å². The van der Waals surface area contributed by atoms with Crippen molar-refractivity contribution in [1.82, 2.24) is 14.6 Å². The van der Waals surface area contributed by atoms with Crippen LogP contribution in [0.5, 0.6) is 11.5 Å². The lowest BCUT2D eigenvalue weighted by Gasteiger charge is -2.06. The molecule has 2 heterocycles. The lowest BCUT2D eigenvalue weighted by Crippen LogP contribution is -2.11. The molecule has 0 atom stereocenters. The van der Waals surface area contributed by atoms with Crippen LogP contribution in [0.2, 0.25) is 10.0 Å². The topological polar surface area (TPSA) is 65.7 Å². The number of nitrogens with zero attached hydrogens (tertiary/aromatic N) is 3. The first-order valence-corrected chi connectivity index (χ1v) is 9.07. The van der Waals surface area contributed by atoms with E-state index in [2.05, 4.69) is 10.2 Å². The zero-order chi connectivity index (χ0) is 17.8. The van der Waals surface area contributed by atoms with Crippen LogP contribution < -0.4 is 9.47 Å². The maximum Gasteiger partial charge on any atom is 0.321 e. The fourth-order valence-electron chi connectivity index (χ4n) is 2.06. The Labute approximate surface area is 158 Å². The Morgan fingerprint density at radius 1 is 1.20 bits per heavy atom. The van der Waals surface area contributed by atoms with Gasteiger partial charge < -0.3 is 9.47 Å². The van der Waals surface area contributed by atoms with Gasteiger partial charge in [-0.25, -0.2) is 0 Å². The number of esters is 1. The van der Waals surface area contributed by atoms with Crippen molar-refractivity contribution in [3.63, 3.8) is 0 Å². The second kappa shape index (κ2) is 7.95. The second-order valence-corrected chi connectivity index (χ2v) is 6.64. The smallest absolute Gasteiger partial charge is 0.321 e. The Kier molecular flexibility index (Phi) is 5.67. The van der Waals surface area contributed by atoms with Crippen LogP contribution in [0.4, 0.5) is 0 Å². The summed E-state index contributed by atoms with van der Waals surface area (Å²) in [5, 5.41) is 9.35. The zero-order valence-electron chi connectivity index (χ0n) is 13.1. The number of carbonyl (C=O) groups excluding carboxylic acids is 1. The van der Waals surface area contributed by atoms with Crippen LogP contribution in [0, 0.1) is 0 Å². The Hall–Kier alpha value is -1.96. The molecule has 0 fully saturated rings. The zero-order valence-corrected chi connectivity index (χ0v) is 15.4. The lowest BCUT2D eigenvalue weighted by molar-refractivity contribution is -0.131. The second-order valence-electron chi connectivity index (χ2n) is 4.85. The molecular weight excluding hydrogens is 385 g/mol. The molecule has 0 unspecified atom stereocenters. The summed E-state index contributed by atoms with van der Waals surface area (Å²) >= 11 is 13.2. The van der Waals surface area contributed by atoms with Gasteiger partial charge in [0, 0.05) is 6.20 Å². The lowest BCUT2D eigenvalue weighted by atomic mass is 10.3. The van der Waals surface area contributed by atoms with Gasteiger partial charge in [0.05, 0.1) is 22.4 Å². The van der Waals surface area contributed by atoms with Crippen molar-refractivity contribution < 1.29 is 14.3 Å². The molecule has 0 saturated carbocycles. The van der Waals surface area contributed by atoms with Crippen molar-refractivity contribution in [3.8, 4) is 11.5 Å². The highest BCUT2D eigenvalue weighted by Gasteiger charge is 2.13. The molecule has 2 aromatic heterocycles. The monoisotopic (exact) mass is 397 g/mol. The number of carbonyl (C=O) groups is 1. The quantitative estimate of drug-likeness (QED) is 0.353. The molecule has 0 spiro atoms. The van der Waals surface area contributed by atoms with Crippen molar-refractivity contribution in [2.45, 2.75) is 12.1 Å². The van der Waals surface area contributed by atoms with E-state index in [9.17, 15) is 4.79 Å². The van der Waals surface area contributed by atoms with Crippen LogP contribution in [0.15, 0.2) is 41.7 Å². The van der Waals surface area contributed by atoms with E-state index in [0.29, 0.717) is 33.2 Å². The molecule has 0 aliphatic rings. The molecule has 3 rings (SSSR count). The van der Waals surface area contributed by atoms with Crippen LogP contribution in [0.1, 0.15) is 6.92 Å². The standard InChI is InChI=1S/C16H13Cl2N3O3S/c1-2-23-11-3-5-12(6-4-11)24-14(22)9-25-16-20-19-15-13(18)7-10(17)8-21(15)16/h3-8H,2,9H2,1H3. The molecule has 3 aromatic rings. The highest BCUT2D eigenvalue weighted by Crippen LogP contribution is 2.25. The number of ether oxygens (including phenoxy) is 2. The predicted octanol–water partition coefficient (Wildman–Crippen LogP) is 4.13. The average molecular weight is 398 g/mol. The summed E-state index contributed by atoms with van der Waals surface area (Å²) in [5.41, 5.74) is 0.480. The molecule has 25 heavy (non-hydrogen) atoms. The van der Waals surface area contributed by atoms with Crippen molar-refractivity contribution in [1.29, 1.82) is 0 Å². The molecule has 0 bridgehead atoms. The molecule has 0 N–H and O–H groups in total. The first kappa shape index (κ1) is 17.8. The minimum atomic E-state index is -0.404. The molecule has 0 saturated heterocycles. The van der Waals surface area contributed by atoms with Gasteiger partial charge in [0.1, 0.15) is 11.5 Å². The number of thioether (sulfide) groups is 1. The maximum atomic E-state index is 12.0. The van der Waals surface area contributed by atoms with E-state index in [1.54, 1.807) is 40.9 Å². The highest BCUT2D eigenvalue weighted by molar-refractivity contribution is 7.99. The fraction of sp³-hybridized carbons (Fsp3) is 0.188. The third kappa shape index (κ3) is 4.36. The van der Waals surface area contributed by atoms with E-state index in [4.69, 9.17) is 32.7 Å². The number of pyridine rings is 1. The van der Waals surface area contributed by atoms with Gasteiger partial charge >= 0.3 is 5.97 Å². The van der Waals surface area contributed by atoms with Gasteiger partial charge in [-0.3, -0.25) is 9.20 Å². The number of fused-ring (bicyclic) bond motifs is 1. The summed E-state index contributed by atoms with van der Waals surface area (Å²) in [5.74, 6) is 0.837. The van der Waals surface area contributed by atoms with Crippen molar-refractivity contribution in [3.05, 3.63) is 46.6 Å². The Balaban J connectivity index is 1.62. The number of rotatable bonds is 6. The Morgan fingerprint density at radius 3 is 2.64 bits per heavy atom. The SMILES string of the molecule is CCOc1ccc(OC(=O)CSc2nnc3c(Cl)cc(Cl)cn23)cc1. The average Bonchev–Trinajstić information content (AvgIpc) is 2.98. The van der Waals surface area contributed by atoms with Crippen LogP contribution in [-0.4, -0.2) is 32.9 Å². The number of hydrogen-bond acceptors (Lipinski definition) is 6. The maximum absolute atomic E-state index is 12.0. The molecule has 0 amide bonds. The van der Waals surface area contributed by atoms with Gasteiger partial charge in [-0.1, -0.05) is 35.0 Å². The normalized spacial score (nSPS) is 10.8. The molecule has 1 aromatic carbocycles. The minimum Gasteiger partial charge on any atom is -0.494 e. The summed E-state index contributed by atoms with van der Waals surface area (Å²) < 4.78 is 12.3. The number of hydrogen-bond donors (Lipinski definition) is 0. The molecule has 0 radical (unpaired) electrons. The molecule has 6 nitrogen and oxygen atoms in total. The molecule has 0 aliphatic heterocycles. The summed E-state index contributed by atoms with van der Waals surface area (Å²) in [6, 6.07) is 8.44. The van der Waals surface area contributed by atoms with Gasteiger partial charge in [0.2, 0.25) is 0 Å². The molecular formula is C16H13Cl2N3O3S. The van der Waals surface area contributed by atoms with Crippen molar-refractivity contribution >= 4 is 46.6 Å². The number of aromatic nitrogens is 3. The Bertz CT molecular complexity index is 900. The molecule has 0 aliphatic carbocycles. The van der Waals surface area contributed by atoms with Gasteiger partial charge in [-0.2, -0.15) is 0 Å². The van der Waals surface area contributed by atoms with Crippen LogP contribution in [0.3, 0.4) is 0 Å². The van der Waals surface area contributed by atoms with Crippen LogP contribution in [0.25, 0.3) is 5.65 Å². The van der Waals surface area contributed by atoms with Crippen molar-refractivity contribution in [2.24, 2.45) is 0 Å². The van der Waals surface area contributed by atoms with Gasteiger partial charge in [0.25, 0.3) is 0 Å². The molecule has 9 heteroatoms. The number of halogens is 2. The third-order valence-corrected chi connectivity index (χ3v) is 4.48. The number of benzene rings is 1. The van der Waals surface area contributed by atoms with Crippen LogP contribution in [-0.2, 0) is 4.79 Å². The molecule has 130 valence electrons. The van der Waals surface area contributed by atoms with Gasteiger partial charge in [-0.15, -0.1) is 10.2 Å². The van der Waals surface area contributed by atoms with E-state index in [-0.39, 0.29) is 5.75 Å². The summed E-state index contributed by atoms with van der Waals surface area (Å²) in [4.78, 5) is 12.0. The van der Waals surface area contributed by atoms with Gasteiger partial charge in [-0.05, 0) is 37.3 Å². The van der Waals surface area contributed by atoms with Crippen LogP contribution >= 0.6 is 35.0 Å². The first-order chi connectivity index (χ1) is 12.1. The Morgan fingerprint density at radius 2 is 1.92 bits per heavy atom. The van der Waals surface area contributed by atoms with Crippen molar-refractivity contribution in [2.75, 3.05) is 12.4 Å². The minimum absolute atomic E-state index is 0.0676. The summed E-state index contributed by atoms with van der Waals surface area (Å²) in [6.45, 7) is 2.48. The predicted molar refractivity (Wildman–Crippen MR) is 97.0 cm³/mol. The first-order valence-electron chi connectivity index (χ1n) is 7.33. The largest absolute Gasteiger partial charge is 0.494 e. The van der Waals surface area contributed by atoms with Gasteiger partial charge in [0.15, 0.2) is 10.8 Å². The van der Waals surface area contributed by atoms with E-state index < -0.39 is 5.97 Å². The summed E-state index contributed by atoms with van der Waals surface area (Å²) in [7, 11) is 0. The third-order valence-electron chi connectivity index (χ3n) is 3.08. The van der Waals surface area contributed by atoms with E-state index in [0.717, 1.165) is 5.75 Å². The summed E-state index contributed by atoms with van der Waals surface area (Å²) in [6.07, 6.45) is 1.64.